The van der Waals surface area contributed by atoms with Gasteiger partial charge in [0.05, 0.1) is 0 Å². The molecule has 0 spiro atoms. The summed E-state index contributed by atoms with van der Waals surface area (Å²) in [6.07, 6.45) is 2.09. The molecule has 1 aromatic carbocycles. The highest BCUT2D eigenvalue weighted by atomic mass is 19.1. The first-order valence-electron chi connectivity index (χ1n) is 6.50. The van der Waals surface area contributed by atoms with Crippen LogP contribution in [0.2, 0.25) is 0 Å². The Morgan fingerprint density at radius 1 is 1.25 bits per heavy atom. The van der Waals surface area contributed by atoms with E-state index in [0.717, 1.165) is 25.9 Å². The SMILES string of the molecule is O=C(O)c1cc(N2CCCC2)n(-c2ccccc2F)n1. The fourth-order valence-electron chi connectivity index (χ4n) is 2.45. The topological polar surface area (TPSA) is 58.4 Å². The van der Waals surface area contributed by atoms with E-state index in [1.54, 1.807) is 18.2 Å². The third-order valence-electron chi connectivity index (χ3n) is 3.42. The van der Waals surface area contributed by atoms with E-state index in [2.05, 4.69) is 5.10 Å². The minimum absolute atomic E-state index is 0.0739. The monoisotopic (exact) mass is 275 g/mol. The fourth-order valence-corrected chi connectivity index (χ4v) is 2.45. The summed E-state index contributed by atoms with van der Waals surface area (Å²) >= 11 is 0. The van der Waals surface area contributed by atoms with E-state index in [0.29, 0.717) is 5.82 Å². The summed E-state index contributed by atoms with van der Waals surface area (Å²) < 4.78 is 15.3. The number of carbonyl (C=O) groups is 1. The molecule has 5 nitrogen and oxygen atoms in total. The van der Waals surface area contributed by atoms with Gasteiger partial charge in [0.25, 0.3) is 0 Å². The molecule has 0 bridgehead atoms. The van der Waals surface area contributed by atoms with Gasteiger partial charge in [-0.3, -0.25) is 0 Å². The Morgan fingerprint density at radius 2 is 1.95 bits per heavy atom. The Balaban J connectivity index is 2.13. The van der Waals surface area contributed by atoms with Crippen LogP contribution in [0.4, 0.5) is 10.2 Å². The molecule has 6 heteroatoms. The van der Waals surface area contributed by atoms with E-state index in [1.807, 2.05) is 4.90 Å². The zero-order valence-electron chi connectivity index (χ0n) is 10.8. The number of benzene rings is 1. The lowest BCUT2D eigenvalue weighted by atomic mass is 10.3. The molecule has 1 aliphatic rings. The van der Waals surface area contributed by atoms with Gasteiger partial charge in [-0.2, -0.15) is 5.10 Å². The summed E-state index contributed by atoms with van der Waals surface area (Å²) in [7, 11) is 0. The lowest BCUT2D eigenvalue weighted by Crippen LogP contribution is -2.21. The van der Waals surface area contributed by atoms with Crippen molar-refractivity contribution in [1.82, 2.24) is 9.78 Å². The molecule has 2 heterocycles. The lowest BCUT2D eigenvalue weighted by Gasteiger charge is -2.18. The molecule has 1 aromatic heterocycles. The number of hydrogen-bond donors (Lipinski definition) is 1. The number of nitrogens with zero attached hydrogens (tertiary/aromatic N) is 3. The third-order valence-corrected chi connectivity index (χ3v) is 3.42. The van der Waals surface area contributed by atoms with Gasteiger partial charge < -0.3 is 10.0 Å². The summed E-state index contributed by atoms with van der Waals surface area (Å²) in [5.41, 5.74) is 0.192. The van der Waals surface area contributed by atoms with Crippen LogP contribution in [0.25, 0.3) is 5.69 Å². The number of para-hydroxylation sites is 1. The number of carboxylic acids is 1. The number of anilines is 1. The first kappa shape index (κ1) is 12.7. The summed E-state index contributed by atoms with van der Waals surface area (Å²) in [5, 5.41) is 13.1. The number of aromatic carboxylic acids is 1. The largest absolute Gasteiger partial charge is 0.476 e. The number of hydrogen-bond acceptors (Lipinski definition) is 3. The third kappa shape index (κ3) is 2.13. The number of aromatic nitrogens is 2. The maximum absolute atomic E-state index is 13.9. The normalized spacial score (nSPS) is 14.8. The van der Waals surface area contributed by atoms with Crippen LogP contribution >= 0.6 is 0 Å². The summed E-state index contributed by atoms with van der Waals surface area (Å²) in [4.78, 5) is 13.1. The van der Waals surface area contributed by atoms with Gasteiger partial charge >= 0.3 is 5.97 Å². The Labute approximate surface area is 115 Å². The highest BCUT2D eigenvalue weighted by Gasteiger charge is 2.22. The second kappa shape index (κ2) is 4.96. The van der Waals surface area contributed by atoms with Crippen LogP contribution in [0, 0.1) is 5.82 Å². The van der Waals surface area contributed by atoms with Crippen molar-refractivity contribution < 1.29 is 14.3 Å². The average molecular weight is 275 g/mol. The molecule has 20 heavy (non-hydrogen) atoms. The van der Waals surface area contributed by atoms with E-state index < -0.39 is 11.8 Å². The molecule has 3 rings (SSSR count). The van der Waals surface area contributed by atoms with Gasteiger partial charge in [0.15, 0.2) is 5.69 Å². The van der Waals surface area contributed by atoms with Crippen LogP contribution in [-0.2, 0) is 0 Å². The second-order valence-electron chi connectivity index (χ2n) is 4.75. The van der Waals surface area contributed by atoms with Crippen LogP contribution < -0.4 is 4.90 Å². The van der Waals surface area contributed by atoms with Crippen molar-refractivity contribution in [2.24, 2.45) is 0 Å². The first-order chi connectivity index (χ1) is 9.66. The molecule has 0 saturated carbocycles. The Kier molecular flexibility index (Phi) is 3.14. The van der Waals surface area contributed by atoms with Gasteiger partial charge in [-0.1, -0.05) is 12.1 Å². The van der Waals surface area contributed by atoms with Crippen molar-refractivity contribution >= 4 is 11.8 Å². The Morgan fingerprint density at radius 3 is 2.60 bits per heavy atom. The number of rotatable bonds is 3. The summed E-state index contributed by atoms with van der Waals surface area (Å²) in [5.74, 6) is -0.904. The molecule has 0 unspecified atom stereocenters. The molecule has 2 aromatic rings. The smallest absolute Gasteiger partial charge is 0.356 e. The van der Waals surface area contributed by atoms with E-state index in [9.17, 15) is 9.18 Å². The molecule has 104 valence electrons. The van der Waals surface area contributed by atoms with Gasteiger partial charge in [0.2, 0.25) is 0 Å². The quantitative estimate of drug-likeness (QED) is 0.933. The molecule has 1 N–H and O–H groups in total. The lowest BCUT2D eigenvalue weighted by molar-refractivity contribution is 0.0690. The Bertz CT molecular complexity index is 648. The maximum atomic E-state index is 13.9. The van der Waals surface area contributed by atoms with Crippen molar-refractivity contribution in [3.63, 3.8) is 0 Å². The zero-order valence-corrected chi connectivity index (χ0v) is 10.8. The van der Waals surface area contributed by atoms with Crippen LogP contribution in [0.3, 0.4) is 0 Å². The predicted molar refractivity (Wildman–Crippen MR) is 71.9 cm³/mol. The number of halogens is 1. The van der Waals surface area contributed by atoms with Crippen LogP contribution in [0.15, 0.2) is 30.3 Å². The molecule has 0 aliphatic carbocycles. The van der Waals surface area contributed by atoms with Crippen molar-refractivity contribution in [3.8, 4) is 5.69 Å². The fraction of sp³-hybridized carbons (Fsp3) is 0.286. The van der Waals surface area contributed by atoms with Gasteiger partial charge in [0, 0.05) is 19.2 Å². The molecule has 1 saturated heterocycles. The summed E-state index contributed by atoms with van der Waals surface area (Å²) in [6.45, 7) is 1.67. The molecular formula is C14H14FN3O2. The zero-order chi connectivity index (χ0) is 14.1. The van der Waals surface area contributed by atoms with Crippen molar-refractivity contribution in [1.29, 1.82) is 0 Å². The van der Waals surface area contributed by atoms with Crippen molar-refractivity contribution in [2.45, 2.75) is 12.8 Å². The Hall–Kier alpha value is -2.37. The van der Waals surface area contributed by atoms with E-state index in [4.69, 9.17) is 5.11 Å². The van der Waals surface area contributed by atoms with Crippen LogP contribution in [0.1, 0.15) is 23.3 Å². The molecule has 0 atom stereocenters. The second-order valence-corrected chi connectivity index (χ2v) is 4.75. The molecule has 1 fully saturated rings. The highest BCUT2D eigenvalue weighted by molar-refractivity contribution is 5.86. The van der Waals surface area contributed by atoms with E-state index in [-0.39, 0.29) is 11.4 Å². The van der Waals surface area contributed by atoms with Crippen molar-refractivity contribution in [2.75, 3.05) is 18.0 Å². The van der Waals surface area contributed by atoms with E-state index >= 15 is 0 Å². The van der Waals surface area contributed by atoms with E-state index in [1.165, 1.54) is 16.8 Å². The molecule has 1 aliphatic heterocycles. The van der Waals surface area contributed by atoms with Gasteiger partial charge in [-0.25, -0.2) is 13.9 Å². The van der Waals surface area contributed by atoms with Gasteiger partial charge in [-0.05, 0) is 25.0 Å². The van der Waals surface area contributed by atoms with Crippen LogP contribution in [-0.4, -0.2) is 33.9 Å². The van der Waals surface area contributed by atoms with Crippen molar-refractivity contribution in [3.05, 3.63) is 41.8 Å². The molecule has 0 radical (unpaired) electrons. The van der Waals surface area contributed by atoms with Crippen LogP contribution in [0.5, 0.6) is 0 Å². The molecule has 0 amide bonds. The first-order valence-corrected chi connectivity index (χ1v) is 6.50. The van der Waals surface area contributed by atoms with Gasteiger partial charge in [0.1, 0.15) is 17.3 Å². The summed E-state index contributed by atoms with van der Waals surface area (Å²) in [6, 6.07) is 7.73. The maximum Gasteiger partial charge on any atom is 0.356 e. The predicted octanol–water partition coefficient (Wildman–Crippen LogP) is 2.31. The minimum Gasteiger partial charge on any atom is -0.476 e. The highest BCUT2D eigenvalue weighted by Crippen LogP contribution is 2.26. The standard InChI is InChI=1S/C14H14FN3O2/c15-10-5-1-2-6-12(10)18-13(17-7-3-4-8-17)9-11(16-18)14(19)20/h1-2,5-6,9H,3-4,7-8H2,(H,19,20). The molecular weight excluding hydrogens is 261 g/mol. The number of carboxylic acid groups (broad SMARTS) is 1. The average Bonchev–Trinajstić information content (AvgIpc) is 3.08. The van der Waals surface area contributed by atoms with Gasteiger partial charge in [-0.15, -0.1) is 0 Å². The minimum atomic E-state index is -1.11.